The molecule has 0 bridgehead atoms. The maximum atomic E-state index is 12.4. The van der Waals surface area contributed by atoms with Gasteiger partial charge in [0.2, 0.25) is 5.91 Å². The Labute approximate surface area is 147 Å². The van der Waals surface area contributed by atoms with E-state index in [1.165, 1.54) is 10.9 Å². The zero-order valence-electron chi connectivity index (χ0n) is 14.5. The van der Waals surface area contributed by atoms with Crippen molar-refractivity contribution in [2.24, 2.45) is 0 Å². The topological polar surface area (TPSA) is 64.2 Å². The number of carbonyl (C=O) groups excluding carboxylic acids is 1. The van der Waals surface area contributed by atoms with Gasteiger partial charge in [-0.25, -0.2) is 4.98 Å². The minimum atomic E-state index is -0.0508. The summed E-state index contributed by atoms with van der Waals surface area (Å²) in [5.41, 5.74) is 8.76. The first-order valence-corrected chi connectivity index (χ1v) is 8.30. The van der Waals surface area contributed by atoms with E-state index in [9.17, 15) is 4.79 Å². The van der Waals surface area contributed by atoms with Crippen molar-refractivity contribution in [2.45, 2.75) is 20.0 Å². The van der Waals surface area contributed by atoms with Crippen LogP contribution in [0.4, 0.5) is 5.82 Å². The zero-order chi connectivity index (χ0) is 17.8. The van der Waals surface area contributed by atoms with Crippen molar-refractivity contribution < 1.29 is 4.79 Å². The van der Waals surface area contributed by atoms with E-state index in [4.69, 9.17) is 5.73 Å². The summed E-state index contributed by atoms with van der Waals surface area (Å²) < 4.78 is 2.21. The molecule has 5 nitrogen and oxygen atoms in total. The van der Waals surface area contributed by atoms with Crippen molar-refractivity contribution in [3.63, 3.8) is 0 Å². The van der Waals surface area contributed by atoms with E-state index in [2.05, 4.69) is 34.8 Å². The molecule has 0 unspecified atom stereocenters. The van der Waals surface area contributed by atoms with E-state index >= 15 is 0 Å². The van der Waals surface area contributed by atoms with Crippen molar-refractivity contribution in [3.8, 4) is 0 Å². The number of likely N-dealkylation sites (N-methyl/N-ethyl adjacent to an activating group) is 1. The molecule has 0 aliphatic heterocycles. The van der Waals surface area contributed by atoms with Gasteiger partial charge in [0.05, 0.1) is 0 Å². The predicted molar refractivity (Wildman–Crippen MR) is 102 cm³/mol. The Bertz CT molecular complexity index is 909. The monoisotopic (exact) mass is 334 g/mol. The van der Waals surface area contributed by atoms with Crippen LogP contribution in [0.3, 0.4) is 0 Å². The average Bonchev–Trinajstić information content (AvgIpc) is 2.99. The van der Waals surface area contributed by atoms with Gasteiger partial charge in [0.25, 0.3) is 0 Å². The van der Waals surface area contributed by atoms with Crippen molar-refractivity contribution >= 4 is 28.7 Å². The first-order chi connectivity index (χ1) is 12.1. The molecule has 0 atom stereocenters. The van der Waals surface area contributed by atoms with Gasteiger partial charge in [-0.3, -0.25) is 4.79 Å². The van der Waals surface area contributed by atoms with Gasteiger partial charge >= 0.3 is 0 Å². The van der Waals surface area contributed by atoms with E-state index in [-0.39, 0.29) is 5.91 Å². The molecule has 0 saturated carbocycles. The van der Waals surface area contributed by atoms with Gasteiger partial charge in [0.1, 0.15) is 5.82 Å². The number of aryl methyl sites for hydroxylation is 1. The number of anilines is 1. The van der Waals surface area contributed by atoms with Crippen LogP contribution in [0.1, 0.15) is 18.1 Å². The van der Waals surface area contributed by atoms with Gasteiger partial charge < -0.3 is 15.2 Å². The molecule has 1 aromatic carbocycles. The lowest BCUT2D eigenvalue weighted by Crippen LogP contribution is -2.24. The average molecular weight is 334 g/mol. The number of amides is 1. The molecule has 3 rings (SSSR count). The second kappa shape index (κ2) is 7.21. The van der Waals surface area contributed by atoms with Crippen LogP contribution in [-0.4, -0.2) is 27.4 Å². The first-order valence-electron chi connectivity index (χ1n) is 8.30. The van der Waals surface area contributed by atoms with E-state index in [0.717, 1.165) is 17.7 Å². The Morgan fingerprint density at radius 2 is 2.08 bits per heavy atom. The molecule has 0 radical (unpaired) electrons. The van der Waals surface area contributed by atoms with Crippen LogP contribution in [0.5, 0.6) is 0 Å². The molecule has 2 N–H and O–H groups in total. The van der Waals surface area contributed by atoms with Gasteiger partial charge in [-0.05, 0) is 42.3 Å². The summed E-state index contributed by atoms with van der Waals surface area (Å²) in [5, 5.41) is 1.19. The molecular weight excluding hydrogens is 312 g/mol. The number of nitrogens with two attached hydrogens (primary N) is 1. The maximum Gasteiger partial charge on any atom is 0.246 e. The second-order valence-corrected chi connectivity index (χ2v) is 6.00. The highest BCUT2D eigenvalue weighted by molar-refractivity contribution is 5.92. The number of rotatable bonds is 5. The summed E-state index contributed by atoms with van der Waals surface area (Å²) in [6, 6.07) is 11.8. The molecule has 2 aromatic heterocycles. The number of hydrogen-bond donors (Lipinski definition) is 1. The van der Waals surface area contributed by atoms with Crippen LogP contribution in [0.15, 0.2) is 54.9 Å². The molecule has 0 spiro atoms. The quantitative estimate of drug-likeness (QED) is 0.728. The lowest BCUT2D eigenvalue weighted by molar-refractivity contribution is -0.125. The normalized spacial score (nSPS) is 11.3. The van der Waals surface area contributed by atoms with E-state index in [1.54, 1.807) is 29.3 Å². The summed E-state index contributed by atoms with van der Waals surface area (Å²) in [4.78, 5) is 18.1. The Morgan fingerprint density at radius 1 is 1.28 bits per heavy atom. The van der Waals surface area contributed by atoms with Crippen LogP contribution in [0.25, 0.3) is 17.0 Å². The fourth-order valence-corrected chi connectivity index (χ4v) is 2.85. The van der Waals surface area contributed by atoms with Crippen molar-refractivity contribution in [3.05, 3.63) is 66.0 Å². The molecule has 0 fully saturated rings. The van der Waals surface area contributed by atoms with Crippen LogP contribution >= 0.6 is 0 Å². The third-order valence-corrected chi connectivity index (χ3v) is 4.22. The molecule has 2 heterocycles. The smallest absolute Gasteiger partial charge is 0.246 e. The Kier molecular flexibility index (Phi) is 4.84. The minimum absolute atomic E-state index is 0.0508. The molecule has 128 valence electrons. The molecular formula is C20H22N4O. The zero-order valence-corrected chi connectivity index (χ0v) is 14.5. The van der Waals surface area contributed by atoms with Crippen LogP contribution < -0.4 is 5.73 Å². The number of nitrogen functional groups attached to an aromatic ring is 1. The standard InChI is InChI=1S/C20H22N4O/c1-3-24-14-16(17-6-4-5-7-18(17)24)13-23(2)20(25)11-9-15-8-10-19(21)22-12-15/h4-12,14H,3,13H2,1-2H3,(H2,21,22)/b11-9+. The van der Waals surface area contributed by atoms with Crippen molar-refractivity contribution in [2.75, 3.05) is 12.8 Å². The van der Waals surface area contributed by atoms with Gasteiger partial charge in [0, 0.05) is 49.5 Å². The maximum absolute atomic E-state index is 12.4. The SMILES string of the molecule is CCn1cc(CN(C)C(=O)/C=C/c2ccc(N)nc2)c2ccccc21. The van der Waals surface area contributed by atoms with Gasteiger partial charge in [-0.1, -0.05) is 18.2 Å². The minimum Gasteiger partial charge on any atom is -0.384 e. The number of aromatic nitrogens is 2. The Balaban J connectivity index is 1.74. The summed E-state index contributed by atoms with van der Waals surface area (Å²) in [6.45, 7) is 3.59. The van der Waals surface area contributed by atoms with Crippen LogP contribution in [0.2, 0.25) is 0 Å². The number of hydrogen-bond acceptors (Lipinski definition) is 3. The van der Waals surface area contributed by atoms with Gasteiger partial charge in [0.15, 0.2) is 0 Å². The predicted octanol–water partition coefficient (Wildman–Crippen LogP) is 3.31. The van der Waals surface area contributed by atoms with E-state index in [1.807, 2.05) is 25.2 Å². The lowest BCUT2D eigenvalue weighted by Gasteiger charge is -2.14. The highest BCUT2D eigenvalue weighted by Gasteiger charge is 2.11. The van der Waals surface area contributed by atoms with E-state index in [0.29, 0.717) is 12.4 Å². The highest BCUT2D eigenvalue weighted by atomic mass is 16.2. The van der Waals surface area contributed by atoms with Crippen LogP contribution in [-0.2, 0) is 17.9 Å². The molecule has 0 aliphatic carbocycles. The fourth-order valence-electron chi connectivity index (χ4n) is 2.85. The molecule has 0 saturated heterocycles. The second-order valence-electron chi connectivity index (χ2n) is 6.00. The third kappa shape index (κ3) is 3.71. The molecule has 0 aliphatic rings. The third-order valence-electron chi connectivity index (χ3n) is 4.22. The summed E-state index contributed by atoms with van der Waals surface area (Å²) in [6.07, 6.45) is 7.09. The van der Waals surface area contributed by atoms with E-state index < -0.39 is 0 Å². The molecule has 1 amide bonds. The number of benzene rings is 1. The Morgan fingerprint density at radius 3 is 2.80 bits per heavy atom. The van der Waals surface area contributed by atoms with Gasteiger partial charge in [-0.15, -0.1) is 0 Å². The summed E-state index contributed by atoms with van der Waals surface area (Å²) >= 11 is 0. The number of fused-ring (bicyclic) bond motifs is 1. The molecule has 5 heteroatoms. The fraction of sp³-hybridized carbons (Fsp3) is 0.200. The van der Waals surface area contributed by atoms with Crippen molar-refractivity contribution in [1.82, 2.24) is 14.5 Å². The largest absolute Gasteiger partial charge is 0.384 e. The highest BCUT2D eigenvalue weighted by Crippen LogP contribution is 2.22. The lowest BCUT2D eigenvalue weighted by atomic mass is 10.1. The summed E-state index contributed by atoms with van der Waals surface area (Å²) in [7, 11) is 1.81. The molecule has 3 aromatic rings. The Hall–Kier alpha value is -3.08. The first kappa shape index (κ1) is 16.8. The van der Waals surface area contributed by atoms with Crippen LogP contribution in [0, 0.1) is 0 Å². The van der Waals surface area contributed by atoms with Crippen molar-refractivity contribution in [1.29, 1.82) is 0 Å². The number of pyridine rings is 1. The molecule has 25 heavy (non-hydrogen) atoms. The van der Waals surface area contributed by atoms with Gasteiger partial charge in [-0.2, -0.15) is 0 Å². The number of para-hydroxylation sites is 1. The summed E-state index contributed by atoms with van der Waals surface area (Å²) in [5.74, 6) is 0.415. The number of nitrogens with zero attached hydrogens (tertiary/aromatic N) is 3. The number of carbonyl (C=O) groups is 1.